The van der Waals surface area contributed by atoms with Crippen LogP contribution in [0.3, 0.4) is 0 Å². The highest BCUT2D eigenvalue weighted by Gasteiger charge is 2.09. The second kappa shape index (κ2) is 5.00. The lowest BCUT2D eigenvalue weighted by atomic mass is 10.3. The van der Waals surface area contributed by atoms with E-state index >= 15 is 0 Å². The maximum absolute atomic E-state index is 11.4. The van der Waals surface area contributed by atoms with Crippen molar-refractivity contribution in [3.8, 4) is 11.5 Å². The van der Waals surface area contributed by atoms with E-state index in [1.54, 1.807) is 36.4 Å². The van der Waals surface area contributed by atoms with E-state index in [1.807, 2.05) is 0 Å². The zero-order chi connectivity index (χ0) is 13.2. The zero-order valence-electron chi connectivity index (χ0n) is 9.63. The molecule has 0 N–H and O–H groups in total. The molecular formula is C13H11ClO3S. The van der Waals surface area contributed by atoms with E-state index in [2.05, 4.69) is 0 Å². The van der Waals surface area contributed by atoms with Crippen LogP contribution < -0.4 is 4.74 Å². The molecule has 0 amide bonds. The van der Waals surface area contributed by atoms with Crippen molar-refractivity contribution in [1.29, 1.82) is 0 Å². The van der Waals surface area contributed by atoms with E-state index in [-0.39, 0.29) is 4.90 Å². The van der Waals surface area contributed by atoms with Crippen molar-refractivity contribution < 1.29 is 13.2 Å². The number of halogens is 1. The minimum atomic E-state index is -3.24. The normalized spacial score (nSPS) is 11.2. The highest BCUT2D eigenvalue weighted by atomic mass is 35.5. The van der Waals surface area contributed by atoms with E-state index < -0.39 is 9.84 Å². The number of hydrogen-bond donors (Lipinski definition) is 0. The van der Waals surface area contributed by atoms with Crippen LogP contribution in [0, 0.1) is 0 Å². The smallest absolute Gasteiger partial charge is 0.175 e. The Bertz CT molecular complexity index is 665. The van der Waals surface area contributed by atoms with Crippen molar-refractivity contribution >= 4 is 21.4 Å². The summed E-state index contributed by atoms with van der Waals surface area (Å²) in [5.41, 5.74) is 0. The minimum absolute atomic E-state index is 0.215. The lowest BCUT2D eigenvalue weighted by Gasteiger charge is -2.08. The van der Waals surface area contributed by atoms with Gasteiger partial charge in [0.25, 0.3) is 0 Å². The largest absolute Gasteiger partial charge is 0.456 e. The van der Waals surface area contributed by atoms with Crippen LogP contribution in [-0.4, -0.2) is 14.7 Å². The molecule has 2 rings (SSSR count). The molecule has 0 atom stereocenters. The van der Waals surface area contributed by atoms with Gasteiger partial charge in [-0.3, -0.25) is 0 Å². The van der Waals surface area contributed by atoms with Crippen molar-refractivity contribution in [2.75, 3.05) is 6.26 Å². The van der Waals surface area contributed by atoms with E-state index in [0.29, 0.717) is 16.5 Å². The van der Waals surface area contributed by atoms with Gasteiger partial charge >= 0.3 is 0 Å². The Kier molecular flexibility index (Phi) is 3.59. The van der Waals surface area contributed by atoms with E-state index in [4.69, 9.17) is 16.3 Å². The average molecular weight is 283 g/mol. The molecule has 0 aromatic heterocycles. The quantitative estimate of drug-likeness (QED) is 0.865. The van der Waals surface area contributed by atoms with E-state index in [1.165, 1.54) is 12.1 Å². The zero-order valence-corrected chi connectivity index (χ0v) is 11.2. The number of benzene rings is 2. The molecule has 0 aliphatic carbocycles. The molecule has 0 bridgehead atoms. The van der Waals surface area contributed by atoms with Gasteiger partial charge in [0.1, 0.15) is 11.5 Å². The first-order valence-corrected chi connectivity index (χ1v) is 7.46. The van der Waals surface area contributed by atoms with Crippen LogP contribution in [0.15, 0.2) is 53.4 Å². The maximum Gasteiger partial charge on any atom is 0.175 e. The van der Waals surface area contributed by atoms with Crippen molar-refractivity contribution in [2.45, 2.75) is 4.90 Å². The summed E-state index contributed by atoms with van der Waals surface area (Å²) < 4.78 is 28.4. The molecule has 0 spiro atoms. The van der Waals surface area contributed by atoms with Gasteiger partial charge in [0, 0.05) is 6.26 Å². The number of para-hydroxylation sites is 1. The van der Waals surface area contributed by atoms with Gasteiger partial charge in [-0.05, 0) is 30.3 Å². The molecule has 0 fully saturated rings. The van der Waals surface area contributed by atoms with Gasteiger partial charge in [0.15, 0.2) is 9.84 Å². The summed E-state index contributed by atoms with van der Waals surface area (Å²) in [7, 11) is -3.24. The van der Waals surface area contributed by atoms with E-state index in [9.17, 15) is 8.42 Å². The standard InChI is InChI=1S/C13H11ClO3S/c1-18(15,16)11-6-4-5-10(9-11)17-13-8-3-2-7-12(13)14/h2-9H,1H3. The fraction of sp³-hybridized carbons (Fsp3) is 0.0769. The fourth-order valence-electron chi connectivity index (χ4n) is 1.42. The van der Waals surface area contributed by atoms with Crippen LogP contribution >= 0.6 is 11.6 Å². The molecule has 2 aromatic rings. The first-order valence-electron chi connectivity index (χ1n) is 5.19. The monoisotopic (exact) mass is 282 g/mol. The molecule has 0 saturated heterocycles. The third-order valence-corrected chi connectivity index (χ3v) is 3.72. The van der Waals surface area contributed by atoms with Gasteiger partial charge in [-0.25, -0.2) is 8.42 Å². The number of hydrogen-bond acceptors (Lipinski definition) is 3. The van der Waals surface area contributed by atoms with Crippen LogP contribution in [0.4, 0.5) is 0 Å². The molecule has 0 aliphatic rings. The van der Waals surface area contributed by atoms with E-state index in [0.717, 1.165) is 6.26 Å². The molecule has 0 heterocycles. The summed E-state index contributed by atoms with van der Waals surface area (Å²) in [6.45, 7) is 0. The van der Waals surface area contributed by atoms with Crippen LogP contribution in [0.5, 0.6) is 11.5 Å². The molecule has 0 saturated carbocycles. The van der Waals surface area contributed by atoms with Crippen molar-refractivity contribution in [3.05, 3.63) is 53.6 Å². The Hall–Kier alpha value is -1.52. The van der Waals surface area contributed by atoms with Crippen LogP contribution in [0.25, 0.3) is 0 Å². The summed E-state index contributed by atoms with van der Waals surface area (Å²) in [5.74, 6) is 0.927. The lowest BCUT2D eigenvalue weighted by molar-refractivity contribution is 0.481. The number of sulfone groups is 1. The molecule has 0 unspecified atom stereocenters. The molecule has 0 radical (unpaired) electrons. The number of ether oxygens (including phenoxy) is 1. The van der Waals surface area contributed by atoms with Gasteiger partial charge in [-0.15, -0.1) is 0 Å². The Labute approximate surface area is 111 Å². The molecule has 94 valence electrons. The summed E-state index contributed by atoms with van der Waals surface area (Å²) in [6.07, 6.45) is 1.15. The first kappa shape index (κ1) is 12.9. The van der Waals surface area contributed by atoms with Crippen LogP contribution in [0.2, 0.25) is 5.02 Å². The predicted octanol–water partition coefficient (Wildman–Crippen LogP) is 3.54. The van der Waals surface area contributed by atoms with Crippen molar-refractivity contribution in [1.82, 2.24) is 0 Å². The Morgan fingerprint density at radius 2 is 1.78 bits per heavy atom. The Morgan fingerprint density at radius 1 is 1.06 bits per heavy atom. The SMILES string of the molecule is CS(=O)(=O)c1cccc(Oc2ccccc2Cl)c1. The minimum Gasteiger partial charge on any atom is -0.456 e. The Morgan fingerprint density at radius 3 is 2.44 bits per heavy atom. The topological polar surface area (TPSA) is 43.4 Å². The second-order valence-electron chi connectivity index (χ2n) is 3.78. The third kappa shape index (κ3) is 3.03. The van der Waals surface area contributed by atoms with Gasteiger partial charge in [0.2, 0.25) is 0 Å². The van der Waals surface area contributed by atoms with Gasteiger partial charge in [-0.1, -0.05) is 29.8 Å². The second-order valence-corrected chi connectivity index (χ2v) is 6.20. The average Bonchev–Trinajstić information content (AvgIpc) is 2.31. The fourth-order valence-corrected chi connectivity index (χ4v) is 2.25. The summed E-state index contributed by atoms with van der Waals surface area (Å²) >= 11 is 5.96. The first-order chi connectivity index (χ1) is 8.47. The van der Waals surface area contributed by atoms with Gasteiger partial charge in [-0.2, -0.15) is 0 Å². The van der Waals surface area contributed by atoms with Crippen molar-refractivity contribution in [3.63, 3.8) is 0 Å². The molecule has 0 aliphatic heterocycles. The molecule has 3 nitrogen and oxygen atoms in total. The molecule has 18 heavy (non-hydrogen) atoms. The predicted molar refractivity (Wildman–Crippen MR) is 71.1 cm³/mol. The lowest BCUT2D eigenvalue weighted by Crippen LogP contribution is -1.97. The third-order valence-electron chi connectivity index (χ3n) is 2.30. The molecule has 5 heteroatoms. The highest BCUT2D eigenvalue weighted by Crippen LogP contribution is 2.29. The summed E-state index contributed by atoms with van der Waals surface area (Å²) in [5, 5.41) is 0.474. The number of rotatable bonds is 3. The maximum atomic E-state index is 11.4. The highest BCUT2D eigenvalue weighted by molar-refractivity contribution is 7.90. The van der Waals surface area contributed by atoms with Crippen molar-refractivity contribution in [2.24, 2.45) is 0 Å². The van der Waals surface area contributed by atoms with Gasteiger partial charge in [0.05, 0.1) is 9.92 Å². The van der Waals surface area contributed by atoms with Crippen LogP contribution in [-0.2, 0) is 9.84 Å². The summed E-state index contributed by atoms with van der Waals surface area (Å²) in [6, 6.07) is 13.3. The summed E-state index contributed by atoms with van der Waals surface area (Å²) in [4.78, 5) is 0.215. The molecular weight excluding hydrogens is 272 g/mol. The van der Waals surface area contributed by atoms with Gasteiger partial charge < -0.3 is 4.74 Å². The Balaban J connectivity index is 2.34. The van der Waals surface area contributed by atoms with Crippen LogP contribution in [0.1, 0.15) is 0 Å². The molecule has 2 aromatic carbocycles.